The summed E-state index contributed by atoms with van der Waals surface area (Å²) in [5.74, 6) is 0. The third-order valence-corrected chi connectivity index (χ3v) is 3.66. The molecule has 1 aliphatic heterocycles. The minimum atomic E-state index is -1.24. The largest absolute Gasteiger partial charge is 0.314 e. The van der Waals surface area contributed by atoms with Crippen molar-refractivity contribution in [2.45, 2.75) is 51.7 Å². The molecule has 94 valence electrons. The summed E-state index contributed by atoms with van der Waals surface area (Å²) >= 11 is 0. The van der Waals surface area contributed by atoms with Crippen molar-refractivity contribution in [3.63, 3.8) is 0 Å². The van der Waals surface area contributed by atoms with Gasteiger partial charge in [0.25, 0.3) is 0 Å². The van der Waals surface area contributed by atoms with Gasteiger partial charge in [0.15, 0.2) is 0 Å². The van der Waals surface area contributed by atoms with Gasteiger partial charge in [-0.05, 0) is 63.3 Å². The number of alkyl halides is 1. The Balaban J connectivity index is 2.20. The minimum absolute atomic E-state index is 0.576. The van der Waals surface area contributed by atoms with Gasteiger partial charge in [-0.15, -0.1) is 0 Å². The van der Waals surface area contributed by atoms with Gasteiger partial charge in [-0.1, -0.05) is 18.2 Å². The van der Waals surface area contributed by atoms with Gasteiger partial charge >= 0.3 is 0 Å². The van der Waals surface area contributed by atoms with Crippen LogP contribution >= 0.6 is 0 Å². The maximum absolute atomic E-state index is 13.9. The summed E-state index contributed by atoms with van der Waals surface area (Å²) in [4.78, 5) is 0. The molecule has 1 nitrogen and oxygen atoms in total. The quantitative estimate of drug-likeness (QED) is 0.845. The van der Waals surface area contributed by atoms with Crippen molar-refractivity contribution in [2.75, 3.05) is 6.54 Å². The fourth-order valence-electron chi connectivity index (χ4n) is 2.46. The molecule has 0 saturated carbocycles. The zero-order valence-electron chi connectivity index (χ0n) is 11.0. The number of halogens is 1. The Morgan fingerprint density at radius 3 is 2.76 bits per heavy atom. The SMILES string of the molecule is Cc1ccc(C(C)(C)F)cc1CC1CCCN1. The van der Waals surface area contributed by atoms with Gasteiger partial charge in [-0.25, -0.2) is 4.39 Å². The zero-order valence-corrected chi connectivity index (χ0v) is 11.0. The summed E-state index contributed by atoms with van der Waals surface area (Å²) in [5, 5.41) is 3.50. The number of benzene rings is 1. The zero-order chi connectivity index (χ0) is 12.5. The van der Waals surface area contributed by atoms with Gasteiger partial charge < -0.3 is 5.32 Å². The minimum Gasteiger partial charge on any atom is -0.314 e. The van der Waals surface area contributed by atoms with Crippen molar-refractivity contribution >= 4 is 0 Å². The summed E-state index contributed by atoms with van der Waals surface area (Å²) in [7, 11) is 0. The van der Waals surface area contributed by atoms with Gasteiger partial charge in [0.2, 0.25) is 0 Å². The van der Waals surface area contributed by atoms with E-state index in [-0.39, 0.29) is 0 Å². The molecule has 1 aromatic carbocycles. The molecule has 1 heterocycles. The monoisotopic (exact) mass is 235 g/mol. The first kappa shape index (κ1) is 12.6. The summed E-state index contributed by atoms with van der Waals surface area (Å²) in [6, 6.07) is 6.56. The van der Waals surface area contributed by atoms with E-state index < -0.39 is 5.67 Å². The van der Waals surface area contributed by atoms with E-state index in [4.69, 9.17) is 0 Å². The fourth-order valence-corrected chi connectivity index (χ4v) is 2.46. The molecule has 2 rings (SSSR count). The fraction of sp³-hybridized carbons (Fsp3) is 0.600. The van der Waals surface area contributed by atoms with Crippen molar-refractivity contribution in [2.24, 2.45) is 0 Å². The Morgan fingerprint density at radius 2 is 2.18 bits per heavy atom. The van der Waals surface area contributed by atoms with Crippen LogP contribution in [0.2, 0.25) is 0 Å². The molecular formula is C15H22FN. The van der Waals surface area contributed by atoms with Crippen LogP contribution in [-0.2, 0) is 12.1 Å². The number of nitrogens with one attached hydrogen (secondary N) is 1. The van der Waals surface area contributed by atoms with E-state index in [2.05, 4.69) is 12.2 Å². The maximum Gasteiger partial charge on any atom is 0.130 e. The molecule has 0 aromatic heterocycles. The lowest BCUT2D eigenvalue weighted by molar-refractivity contribution is 0.221. The van der Waals surface area contributed by atoms with Crippen molar-refractivity contribution in [1.29, 1.82) is 0 Å². The number of rotatable bonds is 3. The highest BCUT2D eigenvalue weighted by molar-refractivity contribution is 5.34. The maximum atomic E-state index is 13.9. The van der Waals surface area contributed by atoms with Crippen molar-refractivity contribution < 1.29 is 4.39 Å². The van der Waals surface area contributed by atoms with Crippen LogP contribution in [0.3, 0.4) is 0 Å². The molecule has 0 aliphatic carbocycles. The normalized spacial score (nSPS) is 20.8. The van der Waals surface area contributed by atoms with E-state index in [1.807, 2.05) is 18.2 Å². The van der Waals surface area contributed by atoms with E-state index in [0.717, 1.165) is 18.5 Å². The first-order valence-corrected chi connectivity index (χ1v) is 6.49. The molecule has 1 saturated heterocycles. The summed E-state index contributed by atoms with van der Waals surface area (Å²) in [6.07, 6.45) is 3.52. The molecule has 1 N–H and O–H groups in total. The second-order valence-corrected chi connectivity index (χ2v) is 5.61. The third-order valence-electron chi connectivity index (χ3n) is 3.66. The van der Waals surface area contributed by atoms with Gasteiger partial charge in [-0.3, -0.25) is 0 Å². The average Bonchev–Trinajstić information content (AvgIpc) is 2.72. The Labute approximate surface area is 103 Å². The standard InChI is InChI=1S/C15H22FN/c1-11-6-7-13(15(2,3)16)9-12(11)10-14-5-4-8-17-14/h6-7,9,14,17H,4-5,8,10H2,1-3H3. The van der Waals surface area contributed by atoms with E-state index in [1.165, 1.54) is 24.0 Å². The predicted molar refractivity (Wildman–Crippen MR) is 70.0 cm³/mol. The molecule has 1 fully saturated rings. The molecule has 0 amide bonds. The van der Waals surface area contributed by atoms with Crippen LogP contribution < -0.4 is 5.32 Å². The Morgan fingerprint density at radius 1 is 1.41 bits per heavy atom. The molecule has 0 radical (unpaired) electrons. The van der Waals surface area contributed by atoms with Crippen LogP contribution in [0.15, 0.2) is 18.2 Å². The second-order valence-electron chi connectivity index (χ2n) is 5.61. The first-order valence-electron chi connectivity index (χ1n) is 6.49. The highest BCUT2D eigenvalue weighted by Gasteiger charge is 2.21. The van der Waals surface area contributed by atoms with E-state index in [0.29, 0.717) is 6.04 Å². The van der Waals surface area contributed by atoms with Crippen LogP contribution in [0, 0.1) is 6.92 Å². The highest BCUT2D eigenvalue weighted by Crippen LogP contribution is 2.27. The Kier molecular flexibility index (Phi) is 3.53. The van der Waals surface area contributed by atoms with Gasteiger partial charge in [0.05, 0.1) is 0 Å². The van der Waals surface area contributed by atoms with Crippen molar-refractivity contribution in [3.05, 3.63) is 34.9 Å². The Bertz CT molecular complexity index is 386. The van der Waals surface area contributed by atoms with Gasteiger partial charge in [0.1, 0.15) is 5.67 Å². The third kappa shape index (κ3) is 3.06. The molecule has 0 spiro atoms. The molecule has 1 atom stereocenters. The molecule has 0 bridgehead atoms. The van der Waals surface area contributed by atoms with E-state index in [1.54, 1.807) is 13.8 Å². The van der Waals surface area contributed by atoms with Crippen molar-refractivity contribution in [1.82, 2.24) is 5.32 Å². The highest BCUT2D eigenvalue weighted by atomic mass is 19.1. The molecule has 17 heavy (non-hydrogen) atoms. The van der Waals surface area contributed by atoms with E-state index >= 15 is 0 Å². The molecule has 1 aliphatic rings. The average molecular weight is 235 g/mol. The number of hydrogen-bond acceptors (Lipinski definition) is 1. The number of aryl methyl sites for hydroxylation is 1. The smallest absolute Gasteiger partial charge is 0.130 e. The van der Waals surface area contributed by atoms with E-state index in [9.17, 15) is 4.39 Å². The molecule has 2 heteroatoms. The molecular weight excluding hydrogens is 213 g/mol. The van der Waals surface area contributed by atoms with Crippen LogP contribution in [0.5, 0.6) is 0 Å². The summed E-state index contributed by atoms with van der Waals surface area (Å²) in [5.41, 5.74) is 2.10. The molecule has 1 aromatic rings. The number of hydrogen-bond donors (Lipinski definition) is 1. The first-order chi connectivity index (χ1) is 7.97. The van der Waals surface area contributed by atoms with Crippen LogP contribution in [0.1, 0.15) is 43.4 Å². The lowest BCUT2D eigenvalue weighted by atomic mass is 9.92. The lowest BCUT2D eigenvalue weighted by Crippen LogP contribution is -2.24. The predicted octanol–water partition coefficient (Wildman–Crippen LogP) is 3.49. The van der Waals surface area contributed by atoms with Crippen LogP contribution in [0.25, 0.3) is 0 Å². The van der Waals surface area contributed by atoms with Crippen molar-refractivity contribution in [3.8, 4) is 0 Å². The van der Waals surface area contributed by atoms with Gasteiger partial charge in [0, 0.05) is 6.04 Å². The Hall–Kier alpha value is -0.890. The summed E-state index contributed by atoms with van der Waals surface area (Å²) in [6.45, 7) is 6.47. The topological polar surface area (TPSA) is 12.0 Å². The van der Waals surface area contributed by atoms with Gasteiger partial charge in [-0.2, -0.15) is 0 Å². The lowest BCUT2D eigenvalue weighted by Gasteiger charge is -2.18. The van der Waals surface area contributed by atoms with Crippen LogP contribution in [0.4, 0.5) is 4.39 Å². The molecule has 1 unspecified atom stereocenters. The second kappa shape index (κ2) is 4.77. The van der Waals surface area contributed by atoms with Crippen LogP contribution in [-0.4, -0.2) is 12.6 Å². The summed E-state index contributed by atoms with van der Waals surface area (Å²) < 4.78 is 13.9.